The van der Waals surface area contributed by atoms with E-state index >= 15 is 0 Å². The quantitative estimate of drug-likeness (QED) is 0.657. The van der Waals surface area contributed by atoms with Crippen molar-refractivity contribution in [3.8, 4) is 0 Å². The summed E-state index contributed by atoms with van der Waals surface area (Å²) in [6, 6.07) is 10.9. The molecule has 0 bridgehead atoms. The van der Waals surface area contributed by atoms with E-state index in [-0.39, 0.29) is 11.0 Å². The van der Waals surface area contributed by atoms with Gasteiger partial charge in [-0.15, -0.1) is 11.3 Å². The van der Waals surface area contributed by atoms with Gasteiger partial charge in [0.05, 0.1) is 12.7 Å². The molecule has 0 spiro atoms. The van der Waals surface area contributed by atoms with Crippen molar-refractivity contribution in [3.05, 3.63) is 57.3 Å². The van der Waals surface area contributed by atoms with Crippen molar-refractivity contribution < 1.29 is 19.4 Å². The van der Waals surface area contributed by atoms with E-state index in [1.807, 2.05) is 24.3 Å². The zero-order valence-electron chi connectivity index (χ0n) is 14.1. The smallest absolute Gasteiger partial charge is 0.348 e. The number of carbonyl (C=O) groups excluding carboxylic acids is 1. The fraction of sp³-hybridized carbons (Fsp3) is 0.263. The van der Waals surface area contributed by atoms with Crippen molar-refractivity contribution in [2.75, 3.05) is 7.11 Å². The Kier molecular flexibility index (Phi) is 5.24. The first-order valence-corrected chi connectivity index (χ1v) is 8.28. The molecule has 2 aromatic rings. The van der Waals surface area contributed by atoms with Crippen LogP contribution < -0.4 is 0 Å². The van der Waals surface area contributed by atoms with Gasteiger partial charge in [0.2, 0.25) is 0 Å². The normalized spacial score (nSPS) is 12.1. The van der Waals surface area contributed by atoms with Crippen molar-refractivity contribution in [1.29, 1.82) is 0 Å². The maximum absolute atomic E-state index is 11.6. The average molecular weight is 344 g/mol. The third-order valence-corrected chi connectivity index (χ3v) is 4.60. The number of hydrogen-bond donors (Lipinski definition) is 1. The molecular formula is C19H20O4S. The van der Waals surface area contributed by atoms with E-state index in [1.54, 1.807) is 18.2 Å². The van der Waals surface area contributed by atoms with Gasteiger partial charge in [-0.2, -0.15) is 0 Å². The van der Waals surface area contributed by atoms with Gasteiger partial charge in [-0.1, -0.05) is 45.0 Å². The lowest BCUT2D eigenvalue weighted by Gasteiger charge is -2.19. The minimum absolute atomic E-state index is 0.00873. The molecular weight excluding hydrogens is 324 g/mol. The predicted octanol–water partition coefficient (Wildman–Crippen LogP) is 4.46. The second kappa shape index (κ2) is 7.01. The van der Waals surface area contributed by atoms with E-state index in [0.29, 0.717) is 15.3 Å². The van der Waals surface area contributed by atoms with Crippen LogP contribution in [-0.4, -0.2) is 24.2 Å². The largest absolute Gasteiger partial charge is 0.478 e. The molecule has 0 aliphatic rings. The lowest BCUT2D eigenvalue weighted by Crippen LogP contribution is -2.11. The fourth-order valence-electron chi connectivity index (χ4n) is 2.20. The van der Waals surface area contributed by atoms with Crippen LogP contribution in [0, 0.1) is 0 Å². The number of esters is 1. The number of methoxy groups -OCH3 is 1. The number of carbonyl (C=O) groups is 2. The van der Waals surface area contributed by atoms with E-state index in [0.717, 1.165) is 5.56 Å². The number of carboxylic acid groups (broad SMARTS) is 1. The molecule has 4 nitrogen and oxygen atoms in total. The molecule has 1 aromatic carbocycles. The lowest BCUT2D eigenvalue weighted by atomic mass is 9.86. The number of aliphatic carboxylic acids is 1. The van der Waals surface area contributed by atoms with Gasteiger partial charge in [0.1, 0.15) is 4.88 Å². The lowest BCUT2D eigenvalue weighted by molar-refractivity contribution is -0.130. The summed E-state index contributed by atoms with van der Waals surface area (Å²) in [6.45, 7) is 6.32. The van der Waals surface area contributed by atoms with Gasteiger partial charge in [-0.05, 0) is 34.8 Å². The molecule has 0 unspecified atom stereocenters. The fourth-order valence-corrected chi connectivity index (χ4v) is 3.07. The third kappa shape index (κ3) is 4.11. The van der Waals surface area contributed by atoms with E-state index in [4.69, 9.17) is 0 Å². The Bertz CT molecular complexity index is 776. The van der Waals surface area contributed by atoms with Gasteiger partial charge in [0.15, 0.2) is 0 Å². The number of rotatable bonds is 4. The number of benzene rings is 1. The second-order valence-corrected chi connectivity index (χ2v) is 7.50. The summed E-state index contributed by atoms with van der Waals surface area (Å²) in [7, 11) is 1.32. The molecule has 0 radical (unpaired) electrons. The molecule has 2 rings (SSSR count). The average Bonchev–Trinajstić information content (AvgIpc) is 2.99. The molecule has 126 valence electrons. The summed E-state index contributed by atoms with van der Waals surface area (Å²) < 4.78 is 4.67. The Hall–Kier alpha value is -2.40. The SMILES string of the molecule is COC(=O)c1ccc(C=C(C(=O)O)c2ccc(C(C)(C)C)cc2)s1. The molecule has 0 aliphatic heterocycles. The summed E-state index contributed by atoms with van der Waals surface area (Å²) in [6.07, 6.45) is 1.57. The molecule has 1 aromatic heterocycles. The highest BCUT2D eigenvalue weighted by Gasteiger charge is 2.16. The summed E-state index contributed by atoms with van der Waals surface area (Å²) >= 11 is 1.20. The summed E-state index contributed by atoms with van der Waals surface area (Å²) in [5.41, 5.74) is 1.96. The second-order valence-electron chi connectivity index (χ2n) is 6.38. The van der Waals surface area contributed by atoms with Crippen LogP contribution in [0.15, 0.2) is 36.4 Å². The molecule has 24 heavy (non-hydrogen) atoms. The molecule has 0 aliphatic carbocycles. The predicted molar refractivity (Wildman–Crippen MR) is 96.3 cm³/mol. The molecule has 0 amide bonds. The summed E-state index contributed by atoms with van der Waals surface area (Å²) in [5, 5.41) is 9.52. The highest BCUT2D eigenvalue weighted by molar-refractivity contribution is 7.14. The minimum Gasteiger partial charge on any atom is -0.478 e. The highest BCUT2D eigenvalue weighted by Crippen LogP contribution is 2.27. The number of ether oxygens (including phenoxy) is 1. The molecule has 0 atom stereocenters. The first-order valence-electron chi connectivity index (χ1n) is 7.46. The molecule has 0 saturated carbocycles. The van der Waals surface area contributed by atoms with Crippen LogP contribution >= 0.6 is 11.3 Å². The Morgan fingerprint density at radius 2 is 1.71 bits per heavy atom. The third-order valence-electron chi connectivity index (χ3n) is 3.59. The zero-order valence-corrected chi connectivity index (χ0v) is 14.9. The summed E-state index contributed by atoms with van der Waals surface area (Å²) in [4.78, 5) is 24.3. The minimum atomic E-state index is -1.01. The molecule has 0 saturated heterocycles. The van der Waals surface area contributed by atoms with Crippen molar-refractivity contribution in [2.45, 2.75) is 26.2 Å². The van der Waals surface area contributed by atoms with Crippen LogP contribution in [0.1, 0.15) is 46.4 Å². The van der Waals surface area contributed by atoms with Crippen LogP contribution in [0.5, 0.6) is 0 Å². The van der Waals surface area contributed by atoms with E-state index in [2.05, 4.69) is 25.5 Å². The molecule has 0 fully saturated rings. The molecule has 1 heterocycles. The van der Waals surface area contributed by atoms with E-state index in [9.17, 15) is 14.7 Å². The van der Waals surface area contributed by atoms with E-state index in [1.165, 1.54) is 18.4 Å². The number of thiophene rings is 1. The topological polar surface area (TPSA) is 63.6 Å². The van der Waals surface area contributed by atoms with Crippen LogP contribution in [0.4, 0.5) is 0 Å². The number of carboxylic acids is 1. The molecule has 5 heteroatoms. The van der Waals surface area contributed by atoms with Crippen LogP contribution in [0.25, 0.3) is 11.6 Å². The Labute approximate surface area is 145 Å². The first-order chi connectivity index (χ1) is 11.2. The number of hydrogen-bond acceptors (Lipinski definition) is 4. The van der Waals surface area contributed by atoms with Crippen LogP contribution in [0.3, 0.4) is 0 Å². The Balaban J connectivity index is 2.37. The van der Waals surface area contributed by atoms with Gasteiger partial charge in [-0.3, -0.25) is 0 Å². The van der Waals surface area contributed by atoms with Crippen molar-refractivity contribution in [3.63, 3.8) is 0 Å². The van der Waals surface area contributed by atoms with Gasteiger partial charge < -0.3 is 9.84 Å². The van der Waals surface area contributed by atoms with Gasteiger partial charge in [-0.25, -0.2) is 9.59 Å². The van der Waals surface area contributed by atoms with Gasteiger partial charge >= 0.3 is 11.9 Å². The zero-order chi connectivity index (χ0) is 17.9. The Morgan fingerprint density at radius 1 is 1.08 bits per heavy atom. The summed E-state index contributed by atoms with van der Waals surface area (Å²) in [5.74, 6) is -1.43. The maximum atomic E-state index is 11.6. The van der Waals surface area contributed by atoms with Crippen molar-refractivity contribution in [1.82, 2.24) is 0 Å². The monoisotopic (exact) mass is 344 g/mol. The van der Waals surface area contributed by atoms with Gasteiger partial charge in [0.25, 0.3) is 0 Å². The molecule has 1 N–H and O–H groups in total. The first kappa shape index (κ1) is 17.9. The standard InChI is InChI=1S/C19H20O4S/c1-19(2,3)13-7-5-12(6-8-13)15(17(20)21)11-14-9-10-16(24-14)18(22)23-4/h5-11H,1-4H3,(H,20,21). The van der Waals surface area contributed by atoms with Crippen molar-refractivity contribution >= 4 is 34.9 Å². The Morgan fingerprint density at radius 3 is 2.21 bits per heavy atom. The van der Waals surface area contributed by atoms with Crippen LogP contribution in [0.2, 0.25) is 0 Å². The highest BCUT2D eigenvalue weighted by atomic mass is 32.1. The van der Waals surface area contributed by atoms with Crippen LogP contribution in [-0.2, 0) is 14.9 Å². The van der Waals surface area contributed by atoms with Crippen molar-refractivity contribution in [2.24, 2.45) is 0 Å². The van der Waals surface area contributed by atoms with E-state index < -0.39 is 11.9 Å². The van der Waals surface area contributed by atoms with Gasteiger partial charge in [0, 0.05) is 4.88 Å². The maximum Gasteiger partial charge on any atom is 0.348 e.